The van der Waals surface area contributed by atoms with Gasteiger partial charge in [0.15, 0.2) is 0 Å². The summed E-state index contributed by atoms with van der Waals surface area (Å²) in [4.78, 5) is 0. The Morgan fingerprint density at radius 1 is 0.812 bits per heavy atom. The zero-order chi connectivity index (χ0) is 11.4. The zero-order valence-electron chi connectivity index (χ0n) is 9.68. The summed E-state index contributed by atoms with van der Waals surface area (Å²) in [6.45, 7) is 4.49. The average molecular weight is 275 g/mol. The minimum absolute atomic E-state index is 0.437. The molecule has 0 radical (unpaired) electrons. The SMILES string of the molecule is CC(C)c1cccc([Se]c2ccccc2)c1. The summed E-state index contributed by atoms with van der Waals surface area (Å²) >= 11 is 0.437. The second kappa shape index (κ2) is 5.34. The molecule has 0 amide bonds. The van der Waals surface area contributed by atoms with Crippen molar-refractivity contribution in [2.45, 2.75) is 19.8 Å². The van der Waals surface area contributed by atoms with Crippen molar-refractivity contribution in [1.29, 1.82) is 0 Å². The summed E-state index contributed by atoms with van der Waals surface area (Å²) in [6.07, 6.45) is 0. The third-order valence-electron chi connectivity index (χ3n) is 2.50. The molecule has 0 bridgehead atoms. The maximum atomic E-state index is 2.34. The number of benzene rings is 2. The van der Waals surface area contributed by atoms with E-state index < -0.39 is 0 Å². The first kappa shape index (κ1) is 11.4. The van der Waals surface area contributed by atoms with Crippen LogP contribution in [0.2, 0.25) is 0 Å². The van der Waals surface area contributed by atoms with Crippen LogP contribution in [0.15, 0.2) is 54.6 Å². The monoisotopic (exact) mass is 276 g/mol. The summed E-state index contributed by atoms with van der Waals surface area (Å²) in [5.74, 6) is 0.617. The Morgan fingerprint density at radius 3 is 2.19 bits per heavy atom. The molecule has 0 saturated carbocycles. The van der Waals surface area contributed by atoms with Crippen LogP contribution in [-0.2, 0) is 0 Å². The van der Waals surface area contributed by atoms with E-state index in [0.29, 0.717) is 20.9 Å². The molecular weight excluding hydrogens is 259 g/mol. The molecule has 1 heteroatoms. The Bertz CT molecular complexity index is 446. The molecule has 0 fully saturated rings. The van der Waals surface area contributed by atoms with Crippen molar-refractivity contribution in [3.63, 3.8) is 0 Å². The summed E-state index contributed by atoms with van der Waals surface area (Å²) in [5, 5.41) is 0. The van der Waals surface area contributed by atoms with Gasteiger partial charge in [0.25, 0.3) is 0 Å². The third kappa shape index (κ3) is 2.98. The van der Waals surface area contributed by atoms with Crippen LogP contribution in [0.3, 0.4) is 0 Å². The first-order valence-corrected chi connectivity index (χ1v) is 7.30. The molecule has 2 aromatic rings. The van der Waals surface area contributed by atoms with Crippen LogP contribution < -0.4 is 8.92 Å². The molecule has 82 valence electrons. The topological polar surface area (TPSA) is 0 Å². The molecule has 0 aliphatic rings. The van der Waals surface area contributed by atoms with E-state index in [1.807, 2.05) is 0 Å². The van der Waals surface area contributed by atoms with Gasteiger partial charge in [0.05, 0.1) is 0 Å². The van der Waals surface area contributed by atoms with Gasteiger partial charge in [-0.15, -0.1) is 0 Å². The van der Waals surface area contributed by atoms with Crippen molar-refractivity contribution in [3.8, 4) is 0 Å². The van der Waals surface area contributed by atoms with Crippen molar-refractivity contribution < 1.29 is 0 Å². The Labute approximate surface area is 104 Å². The van der Waals surface area contributed by atoms with Gasteiger partial charge in [-0.25, -0.2) is 0 Å². The molecule has 0 saturated heterocycles. The van der Waals surface area contributed by atoms with E-state index in [4.69, 9.17) is 0 Å². The van der Waals surface area contributed by atoms with Crippen molar-refractivity contribution in [1.82, 2.24) is 0 Å². The van der Waals surface area contributed by atoms with E-state index in [0.717, 1.165) is 0 Å². The Morgan fingerprint density at radius 2 is 1.50 bits per heavy atom. The molecule has 2 rings (SSSR count). The molecule has 0 aromatic heterocycles. The van der Waals surface area contributed by atoms with Gasteiger partial charge in [0.2, 0.25) is 0 Å². The second-order valence-electron chi connectivity index (χ2n) is 4.14. The van der Waals surface area contributed by atoms with Gasteiger partial charge in [-0.1, -0.05) is 0 Å². The van der Waals surface area contributed by atoms with Gasteiger partial charge in [-0.3, -0.25) is 0 Å². The van der Waals surface area contributed by atoms with E-state index in [2.05, 4.69) is 68.4 Å². The molecule has 0 spiro atoms. The van der Waals surface area contributed by atoms with Crippen molar-refractivity contribution in [2.75, 3.05) is 0 Å². The Kier molecular flexibility index (Phi) is 3.82. The normalized spacial score (nSPS) is 10.7. The predicted octanol–water partition coefficient (Wildman–Crippen LogP) is 2.47. The molecule has 0 N–H and O–H groups in total. The van der Waals surface area contributed by atoms with Crippen LogP contribution in [-0.4, -0.2) is 15.0 Å². The molecule has 0 atom stereocenters. The number of hydrogen-bond acceptors (Lipinski definition) is 0. The van der Waals surface area contributed by atoms with Gasteiger partial charge in [-0.05, 0) is 0 Å². The second-order valence-corrected chi connectivity index (χ2v) is 6.55. The average Bonchev–Trinajstić information content (AvgIpc) is 2.30. The zero-order valence-corrected chi connectivity index (χ0v) is 11.4. The molecule has 0 aliphatic carbocycles. The van der Waals surface area contributed by atoms with Crippen LogP contribution in [0.1, 0.15) is 25.3 Å². The number of hydrogen-bond donors (Lipinski definition) is 0. The van der Waals surface area contributed by atoms with Crippen LogP contribution in [0.5, 0.6) is 0 Å². The molecule has 0 nitrogen and oxygen atoms in total. The minimum atomic E-state index is 0.437. The molecular formula is C15H16Se. The van der Waals surface area contributed by atoms with Crippen LogP contribution in [0.25, 0.3) is 0 Å². The fourth-order valence-electron chi connectivity index (χ4n) is 1.56. The van der Waals surface area contributed by atoms with Gasteiger partial charge in [-0.2, -0.15) is 0 Å². The van der Waals surface area contributed by atoms with Gasteiger partial charge >= 0.3 is 104 Å². The molecule has 0 heterocycles. The van der Waals surface area contributed by atoms with Gasteiger partial charge in [0.1, 0.15) is 0 Å². The fraction of sp³-hybridized carbons (Fsp3) is 0.200. The van der Waals surface area contributed by atoms with E-state index in [1.54, 1.807) is 0 Å². The summed E-state index contributed by atoms with van der Waals surface area (Å²) < 4.78 is 2.90. The van der Waals surface area contributed by atoms with Crippen molar-refractivity contribution in [3.05, 3.63) is 60.2 Å². The maximum absolute atomic E-state index is 2.34. The molecule has 2 aromatic carbocycles. The van der Waals surface area contributed by atoms with Crippen LogP contribution in [0, 0.1) is 0 Å². The molecule has 0 unspecified atom stereocenters. The standard InChI is InChI=1S/C15H16Se/c1-12(2)13-7-6-10-15(11-13)16-14-8-4-3-5-9-14/h3-12H,1-2H3. The Balaban J connectivity index is 2.19. The van der Waals surface area contributed by atoms with Crippen LogP contribution in [0.4, 0.5) is 0 Å². The molecule has 0 aliphatic heterocycles. The van der Waals surface area contributed by atoms with Gasteiger partial charge < -0.3 is 0 Å². The van der Waals surface area contributed by atoms with E-state index in [1.165, 1.54) is 14.5 Å². The quantitative estimate of drug-likeness (QED) is 0.755. The predicted molar refractivity (Wildman–Crippen MR) is 72.0 cm³/mol. The number of rotatable bonds is 3. The van der Waals surface area contributed by atoms with E-state index >= 15 is 0 Å². The van der Waals surface area contributed by atoms with E-state index in [-0.39, 0.29) is 0 Å². The fourth-order valence-corrected chi connectivity index (χ4v) is 3.46. The van der Waals surface area contributed by atoms with Gasteiger partial charge in [0, 0.05) is 0 Å². The Hall–Kier alpha value is -1.04. The summed E-state index contributed by atoms with van der Waals surface area (Å²) in [7, 11) is 0. The first-order chi connectivity index (χ1) is 7.75. The van der Waals surface area contributed by atoms with Crippen molar-refractivity contribution in [2.24, 2.45) is 0 Å². The summed E-state index contributed by atoms with van der Waals surface area (Å²) in [6, 6.07) is 19.7. The van der Waals surface area contributed by atoms with E-state index in [9.17, 15) is 0 Å². The first-order valence-electron chi connectivity index (χ1n) is 5.58. The third-order valence-corrected chi connectivity index (χ3v) is 4.60. The molecule has 16 heavy (non-hydrogen) atoms. The van der Waals surface area contributed by atoms with Crippen LogP contribution >= 0.6 is 0 Å². The van der Waals surface area contributed by atoms with Crippen molar-refractivity contribution >= 4 is 23.9 Å². The summed E-state index contributed by atoms with van der Waals surface area (Å²) in [5.41, 5.74) is 1.44.